The maximum Gasteiger partial charge on any atom is 0.323 e. The number of rotatable bonds is 3. The highest BCUT2D eigenvalue weighted by molar-refractivity contribution is 8.26. The number of thioether (sulfide) groups is 1. The molecule has 1 saturated heterocycles. The van der Waals surface area contributed by atoms with Crippen molar-refractivity contribution in [3.8, 4) is 0 Å². The van der Waals surface area contributed by atoms with E-state index < -0.39 is 58.0 Å². The fourth-order valence-corrected chi connectivity index (χ4v) is 2.89. The van der Waals surface area contributed by atoms with E-state index in [0.717, 1.165) is 0 Å². The first-order valence-electron chi connectivity index (χ1n) is 5.63. The minimum absolute atomic E-state index is 0.215. The maximum atomic E-state index is 13.6. The number of halogens is 5. The lowest BCUT2D eigenvalue weighted by molar-refractivity contribution is -0.140. The van der Waals surface area contributed by atoms with E-state index in [9.17, 15) is 31.5 Å². The smallest absolute Gasteiger partial charge is 0.323 e. The first-order chi connectivity index (χ1) is 10.6. The van der Waals surface area contributed by atoms with Crippen molar-refractivity contribution in [2.75, 3.05) is 6.54 Å². The van der Waals surface area contributed by atoms with Gasteiger partial charge < -0.3 is 5.11 Å². The van der Waals surface area contributed by atoms with Crippen molar-refractivity contribution in [2.45, 2.75) is 0 Å². The molecule has 1 aliphatic rings. The molecule has 1 aliphatic heterocycles. The largest absolute Gasteiger partial charge is 0.480 e. The van der Waals surface area contributed by atoms with Crippen molar-refractivity contribution in [2.24, 2.45) is 0 Å². The van der Waals surface area contributed by atoms with Crippen molar-refractivity contribution in [3.05, 3.63) is 39.6 Å². The van der Waals surface area contributed by atoms with Crippen LogP contribution in [0.15, 0.2) is 4.91 Å². The fraction of sp³-hybridized carbons (Fsp3) is 0.0833. The Hall–Kier alpha value is -2.01. The van der Waals surface area contributed by atoms with E-state index in [1.54, 1.807) is 0 Å². The second-order valence-corrected chi connectivity index (χ2v) is 5.82. The molecular formula is C12H4F5NO3S2. The van der Waals surface area contributed by atoms with Gasteiger partial charge in [0.05, 0.1) is 10.5 Å². The Morgan fingerprint density at radius 2 is 1.57 bits per heavy atom. The Bertz CT molecular complexity index is 751. The fourth-order valence-electron chi connectivity index (χ4n) is 1.65. The van der Waals surface area contributed by atoms with E-state index in [1.165, 1.54) is 0 Å². The molecule has 0 saturated carbocycles. The van der Waals surface area contributed by atoms with E-state index in [-0.39, 0.29) is 4.32 Å². The van der Waals surface area contributed by atoms with Gasteiger partial charge in [0.1, 0.15) is 10.9 Å². The lowest BCUT2D eigenvalue weighted by atomic mass is 10.1. The average molecular weight is 369 g/mol. The summed E-state index contributed by atoms with van der Waals surface area (Å²) in [6, 6.07) is 0. The highest BCUT2D eigenvalue weighted by Gasteiger charge is 2.34. The predicted molar refractivity (Wildman–Crippen MR) is 73.7 cm³/mol. The third-order valence-electron chi connectivity index (χ3n) is 2.69. The van der Waals surface area contributed by atoms with Crippen molar-refractivity contribution >= 4 is 46.3 Å². The SMILES string of the molecule is O=C(O)CN1C(=O)/C(=C\c2c(F)c(F)c(F)c(F)c2F)SC1=S. The van der Waals surface area contributed by atoms with Gasteiger partial charge >= 0.3 is 5.97 Å². The highest BCUT2D eigenvalue weighted by atomic mass is 32.2. The van der Waals surface area contributed by atoms with Gasteiger partial charge in [-0.2, -0.15) is 0 Å². The molecule has 1 aromatic carbocycles. The molecule has 1 amide bonds. The molecule has 1 fully saturated rings. The van der Waals surface area contributed by atoms with Crippen LogP contribution in [0, 0.1) is 29.1 Å². The summed E-state index contributed by atoms with van der Waals surface area (Å²) >= 11 is 5.22. The molecule has 0 aromatic heterocycles. The molecule has 1 aromatic rings. The number of carboxylic acids is 1. The normalized spacial score (nSPS) is 16.6. The lowest BCUT2D eigenvalue weighted by Gasteiger charge is -2.10. The summed E-state index contributed by atoms with van der Waals surface area (Å²) in [7, 11) is 0. The molecule has 11 heteroatoms. The molecule has 0 aliphatic carbocycles. The number of carbonyl (C=O) groups excluding carboxylic acids is 1. The number of hydrogen-bond donors (Lipinski definition) is 1. The van der Waals surface area contributed by atoms with Gasteiger partial charge in [-0.3, -0.25) is 14.5 Å². The van der Waals surface area contributed by atoms with Crippen molar-refractivity contribution in [1.82, 2.24) is 4.90 Å². The zero-order chi connectivity index (χ0) is 17.5. The molecular weight excluding hydrogens is 365 g/mol. The minimum Gasteiger partial charge on any atom is -0.480 e. The summed E-state index contributed by atoms with van der Waals surface area (Å²) < 4.78 is 66.1. The number of thiocarbonyl (C=S) groups is 1. The summed E-state index contributed by atoms with van der Waals surface area (Å²) in [6.45, 7) is -0.793. The summed E-state index contributed by atoms with van der Waals surface area (Å²) in [6.07, 6.45) is 0.442. The zero-order valence-corrected chi connectivity index (χ0v) is 12.3. The minimum atomic E-state index is -2.32. The van der Waals surface area contributed by atoms with Gasteiger partial charge in [-0.25, -0.2) is 22.0 Å². The average Bonchev–Trinajstić information content (AvgIpc) is 2.74. The van der Waals surface area contributed by atoms with Crippen LogP contribution in [-0.4, -0.2) is 32.7 Å². The molecule has 1 heterocycles. The second-order valence-electron chi connectivity index (χ2n) is 4.15. The Balaban J connectivity index is 2.50. The summed E-state index contributed by atoms with van der Waals surface area (Å²) in [5.74, 6) is -13.2. The number of carboxylic acid groups (broad SMARTS) is 1. The van der Waals surface area contributed by atoms with Crippen LogP contribution in [-0.2, 0) is 9.59 Å². The Morgan fingerprint density at radius 1 is 1.09 bits per heavy atom. The molecule has 0 atom stereocenters. The van der Waals surface area contributed by atoms with E-state index in [0.29, 0.717) is 22.7 Å². The number of hydrogen-bond acceptors (Lipinski definition) is 4. The van der Waals surface area contributed by atoms with Gasteiger partial charge in [0, 0.05) is 0 Å². The maximum absolute atomic E-state index is 13.6. The first-order valence-corrected chi connectivity index (χ1v) is 6.86. The Morgan fingerprint density at radius 3 is 2.04 bits per heavy atom. The summed E-state index contributed by atoms with van der Waals surface area (Å²) in [4.78, 5) is 22.7. The molecule has 1 N–H and O–H groups in total. The number of aliphatic carboxylic acids is 1. The Labute approximate surface area is 134 Å². The van der Waals surface area contributed by atoms with Crippen LogP contribution >= 0.6 is 24.0 Å². The van der Waals surface area contributed by atoms with Crippen LogP contribution in [0.3, 0.4) is 0 Å². The Kier molecular flexibility index (Phi) is 4.71. The quantitative estimate of drug-likeness (QED) is 0.292. The lowest BCUT2D eigenvalue weighted by Crippen LogP contribution is -2.33. The third-order valence-corrected chi connectivity index (χ3v) is 4.06. The number of nitrogens with zero attached hydrogens (tertiary/aromatic N) is 1. The molecule has 2 rings (SSSR count). The molecule has 0 unspecified atom stereocenters. The predicted octanol–water partition coefficient (Wildman–Crippen LogP) is 2.67. The number of carbonyl (C=O) groups is 2. The second kappa shape index (κ2) is 6.24. The third kappa shape index (κ3) is 3.06. The van der Waals surface area contributed by atoms with Crippen molar-refractivity contribution < 1.29 is 36.6 Å². The number of amides is 1. The van der Waals surface area contributed by atoms with Gasteiger partial charge in [-0.05, 0) is 6.08 Å². The summed E-state index contributed by atoms with van der Waals surface area (Å²) in [5.41, 5.74) is -1.31. The molecule has 23 heavy (non-hydrogen) atoms. The summed E-state index contributed by atoms with van der Waals surface area (Å²) in [5, 5.41) is 8.63. The van der Waals surface area contributed by atoms with Crippen LogP contribution < -0.4 is 0 Å². The topological polar surface area (TPSA) is 57.6 Å². The monoisotopic (exact) mass is 369 g/mol. The van der Waals surface area contributed by atoms with Crippen LogP contribution in [0.5, 0.6) is 0 Å². The van der Waals surface area contributed by atoms with Crippen molar-refractivity contribution in [1.29, 1.82) is 0 Å². The van der Waals surface area contributed by atoms with Crippen LogP contribution in [0.25, 0.3) is 6.08 Å². The zero-order valence-electron chi connectivity index (χ0n) is 10.7. The van der Waals surface area contributed by atoms with Gasteiger partial charge in [-0.15, -0.1) is 0 Å². The van der Waals surface area contributed by atoms with Gasteiger partial charge in [-0.1, -0.05) is 24.0 Å². The van der Waals surface area contributed by atoms with Gasteiger partial charge in [0.15, 0.2) is 23.3 Å². The van der Waals surface area contributed by atoms with E-state index in [2.05, 4.69) is 0 Å². The molecule has 0 spiro atoms. The van der Waals surface area contributed by atoms with Crippen LogP contribution in [0.2, 0.25) is 0 Å². The van der Waals surface area contributed by atoms with E-state index in [1.807, 2.05) is 0 Å². The standard InChI is InChI=1S/C12H4F5NO3S2/c13-6-3(7(14)9(16)10(17)8(6)15)1-4-11(21)18(2-5(19)20)12(22)23-4/h1H,2H2,(H,19,20)/b4-1+. The molecule has 4 nitrogen and oxygen atoms in total. The van der Waals surface area contributed by atoms with Gasteiger partial charge in [0.2, 0.25) is 5.82 Å². The molecule has 122 valence electrons. The van der Waals surface area contributed by atoms with Crippen molar-refractivity contribution in [3.63, 3.8) is 0 Å². The van der Waals surface area contributed by atoms with E-state index >= 15 is 0 Å². The van der Waals surface area contributed by atoms with Gasteiger partial charge in [0.25, 0.3) is 5.91 Å². The highest BCUT2D eigenvalue weighted by Crippen LogP contribution is 2.34. The van der Waals surface area contributed by atoms with E-state index in [4.69, 9.17) is 17.3 Å². The van der Waals surface area contributed by atoms with Crippen LogP contribution in [0.1, 0.15) is 5.56 Å². The number of benzene rings is 1. The first kappa shape index (κ1) is 17.3. The van der Waals surface area contributed by atoms with Crippen LogP contribution in [0.4, 0.5) is 22.0 Å². The molecule has 0 radical (unpaired) electrons. The molecule has 0 bridgehead atoms.